The predicted molar refractivity (Wildman–Crippen MR) is 158 cm³/mol. The van der Waals surface area contributed by atoms with Crippen molar-refractivity contribution in [2.45, 2.75) is 125 Å². The molecule has 3 fully saturated rings. The minimum absolute atomic E-state index is 0.0406. The van der Waals surface area contributed by atoms with E-state index in [4.69, 9.17) is 8.92 Å². The van der Waals surface area contributed by atoms with Gasteiger partial charge >= 0.3 is 5.97 Å². The van der Waals surface area contributed by atoms with Gasteiger partial charge in [-0.2, -0.15) is 8.42 Å². The van der Waals surface area contributed by atoms with Crippen molar-refractivity contribution in [2.24, 2.45) is 51.8 Å². The predicted octanol–water partition coefficient (Wildman–Crippen LogP) is 7.94. The zero-order valence-corrected chi connectivity index (χ0v) is 26.9. The molecule has 4 rings (SSSR count). The highest BCUT2D eigenvalue weighted by Crippen LogP contribution is 2.67. The van der Waals surface area contributed by atoms with E-state index in [0.717, 1.165) is 62.0 Å². The van der Waals surface area contributed by atoms with Crippen LogP contribution in [-0.2, 0) is 23.8 Å². The van der Waals surface area contributed by atoms with Crippen molar-refractivity contribution in [2.75, 3.05) is 12.9 Å². The fourth-order valence-corrected chi connectivity index (χ4v) is 9.82. The summed E-state index contributed by atoms with van der Waals surface area (Å²) in [5.74, 6) is 4.06. The Kier molecular flexibility index (Phi) is 9.10. The monoisotopic (exact) mass is 564 g/mol. The Labute approximate surface area is 239 Å². The molecule has 6 heteroatoms. The summed E-state index contributed by atoms with van der Waals surface area (Å²) in [6.45, 7) is 15.9. The van der Waals surface area contributed by atoms with Crippen LogP contribution in [0.4, 0.5) is 0 Å². The lowest BCUT2D eigenvalue weighted by Crippen LogP contribution is -2.51. The molecule has 0 aromatic rings. The average molecular weight is 565 g/mol. The molecule has 0 radical (unpaired) electrons. The summed E-state index contributed by atoms with van der Waals surface area (Å²) in [5.41, 5.74) is 1.83. The molecule has 0 bridgehead atoms. The molecule has 5 nitrogen and oxygen atoms in total. The van der Waals surface area contributed by atoms with Crippen LogP contribution in [0, 0.1) is 51.8 Å². The summed E-state index contributed by atoms with van der Waals surface area (Å²) in [6.07, 6.45) is 16.8. The van der Waals surface area contributed by atoms with Crippen LogP contribution in [0.15, 0.2) is 11.6 Å². The van der Waals surface area contributed by atoms with E-state index in [1.165, 1.54) is 38.5 Å². The van der Waals surface area contributed by atoms with Crippen molar-refractivity contribution in [3.63, 3.8) is 0 Å². The first-order valence-corrected chi connectivity index (χ1v) is 17.6. The second-order valence-corrected chi connectivity index (χ2v) is 17.2. The van der Waals surface area contributed by atoms with Crippen LogP contribution in [-0.4, -0.2) is 33.4 Å². The summed E-state index contributed by atoms with van der Waals surface area (Å²) < 4.78 is 33.6. The van der Waals surface area contributed by atoms with E-state index in [2.05, 4.69) is 33.8 Å². The van der Waals surface area contributed by atoms with E-state index >= 15 is 0 Å². The molecule has 0 N–H and O–H groups in total. The third kappa shape index (κ3) is 6.63. The fourth-order valence-electron chi connectivity index (χ4n) is 9.34. The lowest BCUT2D eigenvalue weighted by molar-refractivity contribution is -0.161. The molecule has 9 atom stereocenters. The fraction of sp³-hybridized carbons (Fsp3) is 0.909. The molecule has 0 heterocycles. The topological polar surface area (TPSA) is 69.7 Å². The number of carbonyl (C=O) groups is 1. The number of fused-ring (bicyclic) bond motifs is 5. The molecular weight excluding hydrogens is 508 g/mol. The first kappa shape index (κ1) is 31.1. The van der Waals surface area contributed by atoms with Gasteiger partial charge in [-0.1, -0.05) is 52.2 Å². The van der Waals surface area contributed by atoms with E-state index < -0.39 is 15.5 Å². The van der Waals surface area contributed by atoms with Crippen LogP contribution in [0.3, 0.4) is 0 Å². The first-order chi connectivity index (χ1) is 18.0. The molecule has 0 spiro atoms. The second-order valence-electron chi connectivity index (χ2n) is 15.5. The van der Waals surface area contributed by atoms with Crippen LogP contribution in [0.2, 0.25) is 0 Å². The highest BCUT2D eigenvalue weighted by molar-refractivity contribution is 7.85. The van der Waals surface area contributed by atoms with Crippen LogP contribution in [0.1, 0.15) is 119 Å². The van der Waals surface area contributed by atoms with Gasteiger partial charge in [0.25, 0.3) is 10.1 Å². The molecule has 3 saturated carbocycles. The highest BCUT2D eigenvalue weighted by Gasteiger charge is 2.59. The van der Waals surface area contributed by atoms with Gasteiger partial charge in [0.15, 0.2) is 0 Å². The van der Waals surface area contributed by atoms with E-state index in [0.29, 0.717) is 17.9 Å². The number of esters is 1. The van der Waals surface area contributed by atoms with Gasteiger partial charge in [0.2, 0.25) is 0 Å². The SMILES string of the molecule is CC(CCC[C@@H](C)C1CCC2C3CC=C4CC(OC(=O)C(C)(C)C)CCC4(C)C3CCC21C)COS(C)(=O)=O. The van der Waals surface area contributed by atoms with E-state index in [1.807, 2.05) is 20.8 Å². The Morgan fingerprint density at radius 1 is 1.05 bits per heavy atom. The molecule has 8 unspecified atom stereocenters. The van der Waals surface area contributed by atoms with E-state index in [9.17, 15) is 13.2 Å². The number of allylic oxidation sites excluding steroid dienone is 1. The molecule has 0 amide bonds. The minimum Gasteiger partial charge on any atom is -0.462 e. The molecule has 0 aromatic carbocycles. The standard InChI is InChI=1S/C33H56O5S/c1-22(21-37-39(8,35)36)10-9-11-23(2)27-14-15-28-26-13-12-24-20-25(38-30(34)31(3,4)5)16-18-32(24,6)29(26)17-19-33(27,28)7/h12,22-23,25-29H,9-11,13-21H2,1-8H3/t22?,23-,25?,26?,27?,28?,29?,32?,33?/m1/s1. The third-order valence-electron chi connectivity index (χ3n) is 11.6. The Hall–Kier alpha value is -0.880. The molecule has 4 aliphatic rings. The van der Waals surface area contributed by atoms with Crippen LogP contribution < -0.4 is 0 Å². The summed E-state index contributed by atoms with van der Waals surface area (Å²) in [6, 6.07) is 0. The van der Waals surface area contributed by atoms with Gasteiger partial charge in [-0.15, -0.1) is 0 Å². The highest BCUT2D eigenvalue weighted by atomic mass is 32.2. The van der Waals surface area contributed by atoms with Gasteiger partial charge in [0, 0.05) is 6.42 Å². The van der Waals surface area contributed by atoms with Crippen molar-refractivity contribution < 1.29 is 22.1 Å². The van der Waals surface area contributed by atoms with Gasteiger partial charge in [-0.05, 0) is 118 Å². The largest absolute Gasteiger partial charge is 0.462 e. The minimum atomic E-state index is -3.35. The summed E-state index contributed by atoms with van der Waals surface area (Å²) in [7, 11) is -3.35. The van der Waals surface area contributed by atoms with Crippen molar-refractivity contribution >= 4 is 16.1 Å². The molecule has 0 aliphatic heterocycles. The number of hydrogen-bond donors (Lipinski definition) is 0. The average Bonchev–Trinajstić information content (AvgIpc) is 3.19. The van der Waals surface area contributed by atoms with E-state index in [1.54, 1.807) is 5.57 Å². The Bertz CT molecular complexity index is 1030. The quantitative estimate of drug-likeness (QED) is 0.161. The van der Waals surface area contributed by atoms with Crippen molar-refractivity contribution in [3.05, 3.63) is 11.6 Å². The van der Waals surface area contributed by atoms with Crippen LogP contribution >= 0.6 is 0 Å². The molecule has 0 aromatic heterocycles. The maximum atomic E-state index is 12.5. The zero-order valence-electron chi connectivity index (χ0n) is 26.1. The van der Waals surface area contributed by atoms with Gasteiger partial charge in [0.05, 0.1) is 18.3 Å². The van der Waals surface area contributed by atoms with Gasteiger partial charge in [0.1, 0.15) is 6.10 Å². The second kappa shape index (κ2) is 11.4. The number of ether oxygens (including phenoxy) is 1. The maximum absolute atomic E-state index is 12.5. The number of rotatable bonds is 9. The van der Waals surface area contributed by atoms with Crippen molar-refractivity contribution in [1.82, 2.24) is 0 Å². The zero-order chi connectivity index (χ0) is 28.8. The number of hydrogen-bond acceptors (Lipinski definition) is 5. The van der Waals surface area contributed by atoms with Gasteiger partial charge in [-0.3, -0.25) is 8.98 Å². The third-order valence-corrected chi connectivity index (χ3v) is 12.2. The van der Waals surface area contributed by atoms with E-state index in [-0.39, 0.29) is 23.4 Å². The molecule has 0 saturated heterocycles. The van der Waals surface area contributed by atoms with Crippen LogP contribution in [0.25, 0.3) is 0 Å². The Balaban J connectivity index is 1.36. The Morgan fingerprint density at radius 3 is 2.44 bits per heavy atom. The van der Waals surface area contributed by atoms with Gasteiger partial charge < -0.3 is 4.74 Å². The summed E-state index contributed by atoms with van der Waals surface area (Å²) >= 11 is 0. The normalized spacial score (nSPS) is 38.2. The molecular formula is C33H56O5S. The lowest BCUT2D eigenvalue weighted by atomic mass is 9.47. The van der Waals surface area contributed by atoms with Crippen LogP contribution in [0.5, 0.6) is 0 Å². The molecule has 4 aliphatic carbocycles. The Morgan fingerprint density at radius 2 is 1.77 bits per heavy atom. The molecule has 224 valence electrons. The maximum Gasteiger partial charge on any atom is 0.311 e. The lowest BCUT2D eigenvalue weighted by Gasteiger charge is -2.58. The first-order valence-electron chi connectivity index (χ1n) is 15.8. The smallest absolute Gasteiger partial charge is 0.311 e. The summed E-state index contributed by atoms with van der Waals surface area (Å²) in [4.78, 5) is 12.5. The van der Waals surface area contributed by atoms with Gasteiger partial charge in [-0.25, -0.2) is 0 Å². The number of carbonyl (C=O) groups excluding carboxylic acids is 1. The summed E-state index contributed by atoms with van der Waals surface area (Å²) in [5, 5.41) is 0. The molecule has 39 heavy (non-hydrogen) atoms. The van der Waals surface area contributed by atoms with Crippen molar-refractivity contribution in [3.8, 4) is 0 Å². The van der Waals surface area contributed by atoms with Crippen molar-refractivity contribution in [1.29, 1.82) is 0 Å².